The maximum Gasteiger partial charge on any atom is 0.340 e. The first-order valence-corrected chi connectivity index (χ1v) is 10.7. The van der Waals surface area contributed by atoms with E-state index < -0.39 is 17.9 Å². The molecule has 6 nitrogen and oxygen atoms in total. The number of benzene rings is 2. The number of hydrogen-bond acceptors (Lipinski definition) is 5. The third-order valence-electron chi connectivity index (χ3n) is 5.25. The Morgan fingerprint density at radius 3 is 2.42 bits per heavy atom. The molecule has 0 saturated carbocycles. The van der Waals surface area contributed by atoms with Crippen LogP contribution >= 0.6 is 11.6 Å². The lowest BCUT2D eigenvalue weighted by Crippen LogP contribution is -2.18. The molecule has 1 atom stereocenters. The van der Waals surface area contributed by atoms with Gasteiger partial charge in [-0.15, -0.1) is 0 Å². The molecule has 0 bridgehead atoms. The molecule has 0 fully saturated rings. The summed E-state index contributed by atoms with van der Waals surface area (Å²) in [5.41, 5.74) is 3.08. The van der Waals surface area contributed by atoms with Crippen molar-refractivity contribution in [3.8, 4) is 5.75 Å². The molecule has 31 heavy (non-hydrogen) atoms. The van der Waals surface area contributed by atoms with Crippen molar-refractivity contribution in [1.29, 1.82) is 0 Å². The molecule has 1 unspecified atom stereocenters. The monoisotopic (exact) mass is 443 g/mol. The van der Waals surface area contributed by atoms with E-state index in [1.165, 1.54) is 12.1 Å². The van der Waals surface area contributed by atoms with E-state index in [9.17, 15) is 14.7 Å². The minimum atomic E-state index is -0.881. The molecule has 1 aromatic heterocycles. The predicted molar refractivity (Wildman–Crippen MR) is 120 cm³/mol. The van der Waals surface area contributed by atoms with Gasteiger partial charge in [-0.25, -0.2) is 4.79 Å². The number of aryl methyl sites for hydroxylation is 1. The average molecular weight is 444 g/mol. The molecule has 3 aromatic rings. The largest absolute Gasteiger partial charge is 0.508 e. The van der Waals surface area contributed by atoms with E-state index >= 15 is 0 Å². The van der Waals surface area contributed by atoms with E-state index in [4.69, 9.17) is 21.1 Å². The van der Waals surface area contributed by atoms with Gasteiger partial charge in [0.05, 0.1) is 18.8 Å². The van der Waals surface area contributed by atoms with Gasteiger partial charge in [-0.1, -0.05) is 23.7 Å². The lowest BCUT2D eigenvalue weighted by Gasteiger charge is -2.19. The molecule has 0 radical (unpaired) electrons. The summed E-state index contributed by atoms with van der Waals surface area (Å²) in [7, 11) is 0. The third kappa shape index (κ3) is 4.26. The SMILES string of the molecule is CCOC(=O)c1c(C)n(CC)c2cccc(C(C(=O)OCC)c3cc(O)cc(Cl)c3)c12. The predicted octanol–water partition coefficient (Wildman–Crippen LogP) is 5.20. The second-order valence-corrected chi connectivity index (χ2v) is 7.53. The minimum Gasteiger partial charge on any atom is -0.508 e. The van der Waals surface area contributed by atoms with Gasteiger partial charge in [-0.2, -0.15) is 0 Å². The Bertz CT molecular complexity index is 1110. The normalized spacial score (nSPS) is 12.0. The number of aromatic nitrogens is 1. The number of aromatic hydroxyl groups is 1. The number of ether oxygens (including phenoxy) is 2. The molecule has 7 heteroatoms. The summed E-state index contributed by atoms with van der Waals surface area (Å²) in [6.45, 7) is 8.42. The number of phenolic OH excluding ortho intramolecular Hbond substituents is 1. The average Bonchev–Trinajstić information content (AvgIpc) is 2.99. The van der Waals surface area contributed by atoms with Crippen molar-refractivity contribution in [3.63, 3.8) is 0 Å². The number of carbonyl (C=O) groups excluding carboxylic acids is 2. The number of halogens is 1. The Labute approximate surface area is 186 Å². The first-order valence-electron chi connectivity index (χ1n) is 10.3. The van der Waals surface area contributed by atoms with Crippen LogP contribution in [0.25, 0.3) is 10.9 Å². The van der Waals surface area contributed by atoms with Gasteiger partial charge >= 0.3 is 11.9 Å². The van der Waals surface area contributed by atoms with Crippen LogP contribution in [0.2, 0.25) is 5.02 Å². The molecular weight excluding hydrogens is 418 g/mol. The number of hydrogen-bond donors (Lipinski definition) is 1. The maximum atomic E-state index is 13.1. The topological polar surface area (TPSA) is 77.8 Å². The number of esters is 2. The number of phenols is 1. The van der Waals surface area contributed by atoms with Crippen LogP contribution in [0, 0.1) is 6.92 Å². The second kappa shape index (κ2) is 9.43. The van der Waals surface area contributed by atoms with Crippen LogP contribution in [0.15, 0.2) is 36.4 Å². The fourth-order valence-corrected chi connectivity index (χ4v) is 4.32. The van der Waals surface area contributed by atoms with Crippen molar-refractivity contribution in [2.24, 2.45) is 0 Å². The van der Waals surface area contributed by atoms with Crippen LogP contribution in [-0.2, 0) is 20.8 Å². The molecule has 0 aliphatic heterocycles. The molecule has 0 spiro atoms. The Hall–Kier alpha value is -2.99. The molecule has 3 rings (SSSR count). The Morgan fingerprint density at radius 1 is 1.10 bits per heavy atom. The Kier molecular flexibility index (Phi) is 6.91. The van der Waals surface area contributed by atoms with Crippen LogP contribution in [0.1, 0.15) is 53.9 Å². The molecule has 1 heterocycles. The van der Waals surface area contributed by atoms with E-state index in [1.807, 2.05) is 30.5 Å². The highest BCUT2D eigenvalue weighted by Gasteiger charge is 2.31. The zero-order valence-corrected chi connectivity index (χ0v) is 18.8. The van der Waals surface area contributed by atoms with Gasteiger partial charge in [0, 0.05) is 28.2 Å². The zero-order chi connectivity index (χ0) is 22.7. The summed E-state index contributed by atoms with van der Waals surface area (Å²) in [5, 5.41) is 11.0. The van der Waals surface area contributed by atoms with Gasteiger partial charge in [0.15, 0.2) is 0 Å². The maximum absolute atomic E-state index is 13.1. The molecule has 164 valence electrons. The minimum absolute atomic E-state index is 0.0584. The lowest BCUT2D eigenvalue weighted by molar-refractivity contribution is -0.143. The van der Waals surface area contributed by atoms with Crippen LogP contribution in [0.4, 0.5) is 0 Å². The molecular formula is C24H26ClNO5. The lowest BCUT2D eigenvalue weighted by atomic mass is 9.87. The number of rotatable bonds is 7. The summed E-state index contributed by atoms with van der Waals surface area (Å²) in [4.78, 5) is 26.0. The van der Waals surface area contributed by atoms with Gasteiger partial charge in [0.2, 0.25) is 0 Å². The van der Waals surface area contributed by atoms with Crippen LogP contribution in [0.3, 0.4) is 0 Å². The van der Waals surface area contributed by atoms with Gasteiger partial charge < -0.3 is 19.1 Å². The first kappa shape index (κ1) is 22.7. The van der Waals surface area contributed by atoms with Crippen molar-refractivity contribution < 1.29 is 24.2 Å². The van der Waals surface area contributed by atoms with E-state index in [1.54, 1.807) is 26.0 Å². The number of nitrogens with zero attached hydrogens (tertiary/aromatic N) is 1. The molecule has 0 aliphatic carbocycles. The van der Waals surface area contributed by atoms with Gasteiger partial charge in [-0.3, -0.25) is 4.79 Å². The fraction of sp³-hybridized carbons (Fsp3) is 0.333. The Morgan fingerprint density at radius 2 is 1.81 bits per heavy atom. The van der Waals surface area contributed by atoms with Crippen molar-refractivity contribution in [2.75, 3.05) is 13.2 Å². The molecule has 0 amide bonds. The molecule has 1 N–H and O–H groups in total. The standard InChI is InChI=1S/C24H26ClNO5/c1-5-26-14(4)20(23(28)30-6-2)22-18(9-8-10-19(22)26)21(24(29)31-7-3)15-11-16(25)13-17(27)12-15/h8-13,21,27H,5-7H2,1-4H3. The highest BCUT2D eigenvalue weighted by Crippen LogP contribution is 2.38. The number of carbonyl (C=O) groups is 2. The van der Waals surface area contributed by atoms with Crippen LogP contribution in [-0.4, -0.2) is 34.8 Å². The second-order valence-electron chi connectivity index (χ2n) is 7.09. The van der Waals surface area contributed by atoms with E-state index in [0.29, 0.717) is 33.6 Å². The van der Waals surface area contributed by atoms with Crippen molar-refractivity contribution in [2.45, 2.75) is 40.2 Å². The van der Waals surface area contributed by atoms with Crippen LogP contribution < -0.4 is 0 Å². The molecule has 2 aromatic carbocycles. The van der Waals surface area contributed by atoms with Crippen molar-refractivity contribution in [3.05, 3.63) is 63.8 Å². The highest BCUT2D eigenvalue weighted by molar-refractivity contribution is 6.30. The third-order valence-corrected chi connectivity index (χ3v) is 5.47. The quantitative estimate of drug-likeness (QED) is 0.508. The van der Waals surface area contributed by atoms with Crippen LogP contribution in [0.5, 0.6) is 5.75 Å². The van der Waals surface area contributed by atoms with Gasteiger partial charge in [0.25, 0.3) is 0 Å². The van der Waals surface area contributed by atoms with Crippen molar-refractivity contribution in [1.82, 2.24) is 4.57 Å². The van der Waals surface area contributed by atoms with E-state index in [-0.39, 0.29) is 19.0 Å². The van der Waals surface area contributed by atoms with Crippen molar-refractivity contribution >= 4 is 34.4 Å². The first-order chi connectivity index (χ1) is 14.8. The summed E-state index contributed by atoms with van der Waals surface area (Å²) >= 11 is 6.17. The smallest absolute Gasteiger partial charge is 0.340 e. The summed E-state index contributed by atoms with van der Waals surface area (Å²) < 4.78 is 12.7. The van der Waals surface area contributed by atoms with E-state index in [0.717, 1.165) is 11.2 Å². The molecule has 0 aliphatic rings. The Balaban J connectivity index is 2.38. The fourth-order valence-electron chi connectivity index (χ4n) is 4.08. The number of fused-ring (bicyclic) bond motifs is 1. The van der Waals surface area contributed by atoms with Gasteiger partial charge in [0.1, 0.15) is 11.7 Å². The van der Waals surface area contributed by atoms with E-state index in [2.05, 4.69) is 0 Å². The highest BCUT2D eigenvalue weighted by atomic mass is 35.5. The molecule has 0 saturated heterocycles. The summed E-state index contributed by atoms with van der Waals surface area (Å²) in [6, 6.07) is 10.1. The summed E-state index contributed by atoms with van der Waals surface area (Å²) in [6.07, 6.45) is 0. The zero-order valence-electron chi connectivity index (χ0n) is 18.1. The van der Waals surface area contributed by atoms with Gasteiger partial charge in [-0.05, 0) is 63.1 Å². The summed E-state index contributed by atoms with van der Waals surface area (Å²) in [5.74, 6) is -1.87.